The van der Waals surface area contributed by atoms with Crippen molar-refractivity contribution in [1.82, 2.24) is 9.97 Å². The number of aliphatic hydroxyl groups excluding tert-OH is 1. The van der Waals surface area contributed by atoms with E-state index in [1.165, 1.54) is 25.2 Å². The zero-order chi connectivity index (χ0) is 14.3. The van der Waals surface area contributed by atoms with Crippen molar-refractivity contribution in [2.75, 3.05) is 11.5 Å². The van der Waals surface area contributed by atoms with Crippen LogP contribution in [0.5, 0.6) is 0 Å². The smallest absolute Gasteiger partial charge is 0.241 e. The van der Waals surface area contributed by atoms with Gasteiger partial charge in [-0.15, -0.1) is 0 Å². The molecule has 110 valence electrons. The molecule has 20 heavy (non-hydrogen) atoms. The lowest BCUT2D eigenvalue weighted by molar-refractivity contribution is 0.260. The lowest BCUT2D eigenvalue weighted by atomic mass is 10.0. The quantitative estimate of drug-likeness (QED) is 0.804. The minimum atomic E-state index is -3.77. The molecule has 1 saturated heterocycles. The van der Waals surface area contributed by atoms with Crippen LogP contribution in [0.2, 0.25) is 0 Å². The number of hydrogen-bond acceptors (Lipinski definition) is 6. The lowest BCUT2D eigenvalue weighted by Gasteiger charge is -2.28. The number of aromatic nitrogens is 2. The fourth-order valence-electron chi connectivity index (χ4n) is 3.46. The van der Waals surface area contributed by atoms with Crippen LogP contribution in [0, 0.1) is 5.92 Å². The summed E-state index contributed by atoms with van der Waals surface area (Å²) in [6.07, 6.45) is 6.83. The van der Waals surface area contributed by atoms with Crippen LogP contribution in [-0.2, 0) is 10.0 Å². The Kier molecular flexibility index (Phi) is 3.39. The van der Waals surface area contributed by atoms with Gasteiger partial charge in [-0.1, -0.05) is 6.42 Å². The highest BCUT2D eigenvalue weighted by Crippen LogP contribution is 2.42. The fraction of sp³-hybridized carbons (Fsp3) is 0.667. The molecule has 1 aliphatic carbocycles. The molecule has 1 aliphatic heterocycles. The number of rotatable bonds is 3. The van der Waals surface area contributed by atoms with Crippen molar-refractivity contribution in [3.63, 3.8) is 0 Å². The average molecular weight is 298 g/mol. The molecule has 1 aromatic rings. The number of nitrogens with two attached hydrogens (primary N) is 1. The second kappa shape index (κ2) is 4.94. The summed E-state index contributed by atoms with van der Waals surface area (Å²) in [6.45, 7) is 0.0628. The van der Waals surface area contributed by atoms with E-state index in [0.717, 1.165) is 12.8 Å². The zero-order valence-corrected chi connectivity index (χ0v) is 11.8. The number of aliphatic hydroxyl groups is 1. The highest BCUT2D eigenvalue weighted by molar-refractivity contribution is 7.89. The molecule has 0 amide bonds. The maximum absolute atomic E-state index is 11.2. The molecule has 0 aromatic carbocycles. The summed E-state index contributed by atoms with van der Waals surface area (Å²) < 4.78 is 22.4. The van der Waals surface area contributed by atoms with E-state index in [1.54, 1.807) is 0 Å². The van der Waals surface area contributed by atoms with E-state index in [2.05, 4.69) is 9.97 Å². The summed E-state index contributed by atoms with van der Waals surface area (Å²) in [5, 5.41) is 14.6. The summed E-state index contributed by atoms with van der Waals surface area (Å²) in [4.78, 5) is 10.2. The third kappa shape index (κ3) is 2.27. The van der Waals surface area contributed by atoms with Crippen molar-refractivity contribution >= 4 is 16.0 Å². The number of fused-ring (bicyclic) bond motifs is 1. The summed E-state index contributed by atoms with van der Waals surface area (Å²) in [6, 6.07) is 0.373. The van der Waals surface area contributed by atoms with Gasteiger partial charge in [-0.25, -0.2) is 23.5 Å². The Bertz CT molecular complexity index is 589. The van der Waals surface area contributed by atoms with E-state index in [4.69, 9.17) is 5.14 Å². The van der Waals surface area contributed by atoms with Crippen molar-refractivity contribution < 1.29 is 13.5 Å². The van der Waals surface area contributed by atoms with Gasteiger partial charge in [0, 0.05) is 6.04 Å². The van der Waals surface area contributed by atoms with Crippen molar-refractivity contribution in [2.45, 2.75) is 42.7 Å². The predicted octanol–water partition coefficient (Wildman–Crippen LogP) is -0.136. The number of sulfonamides is 1. The Morgan fingerprint density at radius 2 is 2.05 bits per heavy atom. The van der Waals surface area contributed by atoms with E-state index in [1.807, 2.05) is 4.90 Å². The van der Waals surface area contributed by atoms with Crippen molar-refractivity contribution in [3.8, 4) is 0 Å². The Labute approximate surface area is 117 Å². The van der Waals surface area contributed by atoms with Gasteiger partial charge in [-0.3, -0.25) is 0 Å². The van der Waals surface area contributed by atoms with Crippen molar-refractivity contribution in [3.05, 3.63) is 12.4 Å². The molecule has 0 spiro atoms. The SMILES string of the molecule is NS(=O)(=O)c1cnc(N2[C@H](CO)C[C@@H]3CCC[C@@H]32)nc1. The molecular formula is C12H18N4O3S. The highest BCUT2D eigenvalue weighted by atomic mass is 32.2. The normalized spacial score (nSPS) is 29.7. The molecular weight excluding hydrogens is 280 g/mol. The molecule has 3 atom stereocenters. The molecule has 1 saturated carbocycles. The Morgan fingerprint density at radius 3 is 2.65 bits per heavy atom. The molecule has 2 aliphatic rings. The second-order valence-corrected chi connectivity index (χ2v) is 7.06. The summed E-state index contributed by atoms with van der Waals surface area (Å²) >= 11 is 0. The molecule has 3 rings (SSSR count). The first-order chi connectivity index (χ1) is 9.50. The molecule has 3 N–H and O–H groups in total. The van der Waals surface area contributed by atoms with E-state index in [9.17, 15) is 13.5 Å². The van der Waals surface area contributed by atoms with Gasteiger partial charge in [0.1, 0.15) is 4.90 Å². The van der Waals surface area contributed by atoms with E-state index in [-0.39, 0.29) is 17.5 Å². The van der Waals surface area contributed by atoms with E-state index in [0.29, 0.717) is 17.9 Å². The first-order valence-electron chi connectivity index (χ1n) is 6.74. The van der Waals surface area contributed by atoms with Gasteiger partial charge in [0.25, 0.3) is 0 Å². The number of primary sulfonamides is 1. The Hall–Kier alpha value is -1.25. The van der Waals surface area contributed by atoms with Gasteiger partial charge in [0.05, 0.1) is 25.0 Å². The second-order valence-electron chi connectivity index (χ2n) is 5.50. The number of nitrogens with zero attached hydrogens (tertiary/aromatic N) is 3. The van der Waals surface area contributed by atoms with Crippen LogP contribution in [0.25, 0.3) is 0 Å². The monoisotopic (exact) mass is 298 g/mol. The molecule has 0 radical (unpaired) electrons. The van der Waals surface area contributed by atoms with Crippen LogP contribution in [0.15, 0.2) is 17.3 Å². The molecule has 1 aromatic heterocycles. The van der Waals surface area contributed by atoms with Crippen LogP contribution in [-0.4, -0.2) is 42.2 Å². The highest BCUT2D eigenvalue weighted by Gasteiger charge is 2.44. The Balaban J connectivity index is 1.91. The van der Waals surface area contributed by atoms with Crippen LogP contribution < -0.4 is 10.0 Å². The third-order valence-electron chi connectivity index (χ3n) is 4.33. The van der Waals surface area contributed by atoms with Crippen LogP contribution in [0.4, 0.5) is 5.95 Å². The van der Waals surface area contributed by atoms with Crippen LogP contribution in [0.1, 0.15) is 25.7 Å². The van der Waals surface area contributed by atoms with Gasteiger partial charge in [-0.2, -0.15) is 0 Å². The fourth-order valence-corrected chi connectivity index (χ4v) is 3.86. The van der Waals surface area contributed by atoms with E-state index >= 15 is 0 Å². The van der Waals surface area contributed by atoms with Gasteiger partial charge in [0.15, 0.2) is 0 Å². The van der Waals surface area contributed by atoms with Gasteiger partial charge >= 0.3 is 0 Å². The Morgan fingerprint density at radius 1 is 1.35 bits per heavy atom. The first-order valence-corrected chi connectivity index (χ1v) is 8.29. The minimum Gasteiger partial charge on any atom is -0.394 e. The molecule has 0 bridgehead atoms. The maximum atomic E-state index is 11.2. The first kappa shape index (κ1) is 13.7. The van der Waals surface area contributed by atoms with Crippen LogP contribution in [0.3, 0.4) is 0 Å². The molecule has 2 fully saturated rings. The number of hydrogen-bond donors (Lipinski definition) is 2. The van der Waals surface area contributed by atoms with Gasteiger partial charge in [0.2, 0.25) is 16.0 Å². The van der Waals surface area contributed by atoms with E-state index < -0.39 is 10.0 Å². The third-order valence-corrected chi connectivity index (χ3v) is 5.20. The standard InChI is InChI=1S/C12H18N4O3S/c13-20(18,19)10-5-14-12(15-6-10)16-9(7-17)4-8-2-1-3-11(8)16/h5-6,8-9,11,17H,1-4,7H2,(H2,13,18,19)/t8-,9-,11-/m0/s1. The largest absolute Gasteiger partial charge is 0.394 e. The van der Waals surface area contributed by atoms with Crippen LogP contribution >= 0.6 is 0 Å². The molecule has 2 heterocycles. The minimum absolute atomic E-state index is 0.0191. The summed E-state index contributed by atoms with van der Waals surface area (Å²) in [7, 11) is -3.77. The van der Waals surface area contributed by atoms with Crippen molar-refractivity contribution in [2.24, 2.45) is 11.1 Å². The predicted molar refractivity (Wildman–Crippen MR) is 72.5 cm³/mol. The lowest BCUT2D eigenvalue weighted by Crippen LogP contribution is -2.39. The van der Waals surface area contributed by atoms with Gasteiger partial charge in [-0.05, 0) is 25.2 Å². The van der Waals surface area contributed by atoms with Crippen molar-refractivity contribution in [1.29, 1.82) is 0 Å². The zero-order valence-electron chi connectivity index (χ0n) is 11.0. The topological polar surface area (TPSA) is 109 Å². The molecule has 8 heteroatoms. The number of anilines is 1. The molecule has 0 unspecified atom stereocenters. The average Bonchev–Trinajstić information content (AvgIpc) is 2.97. The molecule has 7 nitrogen and oxygen atoms in total. The summed E-state index contributed by atoms with van der Waals surface area (Å²) in [5.41, 5.74) is 0. The summed E-state index contributed by atoms with van der Waals surface area (Å²) in [5.74, 6) is 1.06. The maximum Gasteiger partial charge on any atom is 0.241 e. The van der Waals surface area contributed by atoms with Gasteiger partial charge < -0.3 is 10.0 Å².